The van der Waals surface area contributed by atoms with E-state index in [0.29, 0.717) is 5.92 Å². The molecule has 0 amide bonds. The Morgan fingerprint density at radius 3 is 2.16 bits per heavy atom. The number of halogens is 3. The van der Waals surface area contributed by atoms with Crippen molar-refractivity contribution in [1.29, 1.82) is 0 Å². The molecule has 1 unspecified atom stereocenters. The lowest BCUT2D eigenvalue weighted by Crippen LogP contribution is -1.96. The van der Waals surface area contributed by atoms with Crippen LogP contribution in [-0.2, 0) is 0 Å². The zero-order chi connectivity index (χ0) is 14.0. The molecule has 1 atom stereocenters. The maximum atomic E-state index is 13.5. The molecular weight excluding hydrogens is 327 g/mol. The van der Waals surface area contributed by atoms with Gasteiger partial charge in [-0.05, 0) is 28.7 Å². The van der Waals surface area contributed by atoms with E-state index in [-0.39, 0.29) is 15.7 Å². The molecule has 0 radical (unpaired) electrons. The van der Waals surface area contributed by atoms with Crippen LogP contribution in [-0.4, -0.2) is 0 Å². The SMILES string of the molecule is CC(C)c1ccc(C(Br)c2cccc(F)c2Cl)cc1. The van der Waals surface area contributed by atoms with E-state index in [1.807, 2.05) is 6.07 Å². The average Bonchev–Trinajstić information content (AvgIpc) is 2.41. The molecule has 0 heterocycles. The lowest BCUT2D eigenvalue weighted by molar-refractivity contribution is 0.626. The van der Waals surface area contributed by atoms with Crippen molar-refractivity contribution in [2.24, 2.45) is 0 Å². The summed E-state index contributed by atoms with van der Waals surface area (Å²) in [6, 6.07) is 13.2. The zero-order valence-corrected chi connectivity index (χ0v) is 13.2. The van der Waals surface area contributed by atoms with Crippen LogP contribution in [0, 0.1) is 5.82 Å². The molecule has 100 valence electrons. The van der Waals surface area contributed by atoms with Crippen molar-refractivity contribution in [3.63, 3.8) is 0 Å². The van der Waals surface area contributed by atoms with Crippen molar-refractivity contribution in [2.75, 3.05) is 0 Å². The summed E-state index contributed by atoms with van der Waals surface area (Å²) in [6.07, 6.45) is 0. The third-order valence-electron chi connectivity index (χ3n) is 3.15. The van der Waals surface area contributed by atoms with Crippen LogP contribution in [0.2, 0.25) is 5.02 Å². The van der Waals surface area contributed by atoms with Gasteiger partial charge in [0.05, 0.1) is 9.85 Å². The van der Waals surface area contributed by atoms with Gasteiger partial charge in [-0.2, -0.15) is 0 Å². The molecule has 0 aliphatic rings. The van der Waals surface area contributed by atoms with Gasteiger partial charge < -0.3 is 0 Å². The first-order valence-corrected chi connectivity index (χ1v) is 7.48. The summed E-state index contributed by atoms with van der Waals surface area (Å²) in [7, 11) is 0. The van der Waals surface area contributed by atoms with Gasteiger partial charge in [0.2, 0.25) is 0 Å². The Morgan fingerprint density at radius 2 is 1.58 bits per heavy atom. The highest BCUT2D eigenvalue weighted by atomic mass is 79.9. The standard InChI is InChI=1S/C16H15BrClF/c1-10(2)11-6-8-12(9-7-11)15(17)13-4-3-5-14(19)16(13)18/h3-10,15H,1-2H3. The largest absolute Gasteiger partial charge is 0.205 e. The summed E-state index contributed by atoms with van der Waals surface area (Å²) in [4.78, 5) is -0.100. The minimum Gasteiger partial charge on any atom is -0.205 e. The fraction of sp³-hybridized carbons (Fsp3) is 0.250. The first-order chi connectivity index (χ1) is 9.00. The number of benzene rings is 2. The lowest BCUT2D eigenvalue weighted by atomic mass is 9.99. The number of rotatable bonds is 3. The smallest absolute Gasteiger partial charge is 0.142 e. The van der Waals surface area contributed by atoms with Crippen LogP contribution >= 0.6 is 27.5 Å². The number of hydrogen-bond acceptors (Lipinski definition) is 0. The first kappa shape index (κ1) is 14.5. The molecule has 0 saturated carbocycles. The maximum absolute atomic E-state index is 13.5. The van der Waals surface area contributed by atoms with Crippen molar-refractivity contribution in [3.05, 3.63) is 70.0 Å². The van der Waals surface area contributed by atoms with Crippen LogP contribution in [0.3, 0.4) is 0 Å². The fourth-order valence-corrected chi connectivity index (χ4v) is 3.00. The third kappa shape index (κ3) is 3.18. The van der Waals surface area contributed by atoms with Crippen LogP contribution in [0.25, 0.3) is 0 Å². The van der Waals surface area contributed by atoms with Crippen molar-refractivity contribution in [2.45, 2.75) is 24.6 Å². The summed E-state index contributed by atoms with van der Waals surface area (Å²) in [5, 5.41) is 0.178. The fourth-order valence-electron chi connectivity index (χ4n) is 1.95. The molecule has 0 nitrogen and oxygen atoms in total. The Kier molecular flexibility index (Phi) is 4.64. The van der Waals surface area contributed by atoms with E-state index in [9.17, 15) is 4.39 Å². The van der Waals surface area contributed by atoms with Crippen molar-refractivity contribution in [1.82, 2.24) is 0 Å². The van der Waals surface area contributed by atoms with E-state index in [4.69, 9.17) is 11.6 Å². The van der Waals surface area contributed by atoms with Gasteiger partial charge in [0.1, 0.15) is 5.82 Å². The summed E-state index contributed by atoms with van der Waals surface area (Å²) in [5.41, 5.74) is 3.10. The minimum absolute atomic E-state index is 0.100. The second-order valence-corrected chi connectivity index (χ2v) is 6.12. The van der Waals surface area contributed by atoms with Gasteiger partial charge in [0, 0.05) is 0 Å². The molecule has 0 bridgehead atoms. The maximum Gasteiger partial charge on any atom is 0.142 e. The summed E-state index contributed by atoms with van der Waals surface area (Å²) in [5.74, 6) is 0.114. The molecule has 0 aliphatic heterocycles. The molecule has 0 saturated heterocycles. The topological polar surface area (TPSA) is 0 Å². The van der Waals surface area contributed by atoms with Crippen LogP contribution < -0.4 is 0 Å². The molecule has 0 aromatic heterocycles. The van der Waals surface area contributed by atoms with E-state index >= 15 is 0 Å². The predicted octanol–water partition coefficient (Wildman–Crippen LogP) is 6.09. The molecule has 2 rings (SSSR count). The van der Waals surface area contributed by atoms with Crippen LogP contribution in [0.4, 0.5) is 4.39 Å². The average molecular weight is 342 g/mol. The van der Waals surface area contributed by atoms with E-state index in [1.54, 1.807) is 6.07 Å². The first-order valence-electron chi connectivity index (χ1n) is 6.18. The lowest BCUT2D eigenvalue weighted by Gasteiger charge is -2.14. The monoisotopic (exact) mass is 340 g/mol. The van der Waals surface area contributed by atoms with E-state index in [1.165, 1.54) is 11.6 Å². The van der Waals surface area contributed by atoms with Crippen molar-refractivity contribution < 1.29 is 4.39 Å². The molecule has 3 heteroatoms. The number of alkyl halides is 1. The Bertz CT molecular complexity index is 563. The Morgan fingerprint density at radius 1 is 1.00 bits per heavy atom. The van der Waals surface area contributed by atoms with Gasteiger partial charge >= 0.3 is 0 Å². The van der Waals surface area contributed by atoms with Gasteiger partial charge in [-0.1, -0.05) is 77.8 Å². The third-order valence-corrected chi connectivity index (χ3v) is 4.57. The molecular formula is C16H15BrClF. The molecule has 0 spiro atoms. The second-order valence-electron chi connectivity index (χ2n) is 4.83. The molecule has 2 aromatic rings. The molecule has 0 aliphatic carbocycles. The van der Waals surface area contributed by atoms with Gasteiger partial charge in [-0.3, -0.25) is 0 Å². The van der Waals surface area contributed by atoms with Crippen molar-refractivity contribution >= 4 is 27.5 Å². The summed E-state index contributed by atoms with van der Waals surface area (Å²) < 4.78 is 13.5. The van der Waals surface area contributed by atoms with Crippen LogP contribution in [0.15, 0.2) is 42.5 Å². The highest BCUT2D eigenvalue weighted by Gasteiger charge is 2.16. The van der Waals surface area contributed by atoms with Crippen LogP contribution in [0.1, 0.15) is 41.3 Å². The highest BCUT2D eigenvalue weighted by molar-refractivity contribution is 9.09. The second kappa shape index (κ2) is 6.06. The Hall–Kier alpha value is -0.860. The molecule has 0 fully saturated rings. The Labute approximate surface area is 126 Å². The summed E-state index contributed by atoms with van der Waals surface area (Å²) >= 11 is 9.60. The van der Waals surface area contributed by atoms with E-state index in [0.717, 1.165) is 11.1 Å². The molecule has 0 N–H and O–H groups in total. The zero-order valence-electron chi connectivity index (χ0n) is 10.8. The van der Waals surface area contributed by atoms with Crippen LogP contribution in [0.5, 0.6) is 0 Å². The van der Waals surface area contributed by atoms with Crippen molar-refractivity contribution in [3.8, 4) is 0 Å². The van der Waals surface area contributed by atoms with E-state index in [2.05, 4.69) is 54.0 Å². The number of hydrogen-bond donors (Lipinski definition) is 0. The molecule has 2 aromatic carbocycles. The van der Waals surface area contributed by atoms with E-state index < -0.39 is 0 Å². The van der Waals surface area contributed by atoms with Gasteiger partial charge in [0.25, 0.3) is 0 Å². The predicted molar refractivity (Wildman–Crippen MR) is 82.7 cm³/mol. The van der Waals surface area contributed by atoms with Gasteiger partial charge in [0.15, 0.2) is 0 Å². The Balaban J connectivity index is 2.33. The van der Waals surface area contributed by atoms with Gasteiger partial charge in [-0.15, -0.1) is 0 Å². The highest BCUT2D eigenvalue weighted by Crippen LogP contribution is 2.36. The normalized spacial score (nSPS) is 12.7. The van der Waals surface area contributed by atoms with Gasteiger partial charge in [-0.25, -0.2) is 4.39 Å². The summed E-state index contributed by atoms with van der Waals surface area (Å²) in [6.45, 7) is 4.31. The quantitative estimate of drug-likeness (QED) is 0.593. The minimum atomic E-state index is -0.387. The molecule has 19 heavy (non-hydrogen) atoms.